The Morgan fingerprint density at radius 2 is 2.09 bits per heavy atom. The summed E-state index contributed by atoms with van der Waals surface area (Å²) in [5.74, 6) is 0.0340. The zero-order valence-electron chi connectivity index (χ0n) is 13.2. The molecule has 2 N–H and O–H groups in total. The molecule has 6 heteroatoms. The fraction of sp³-hybridized carbons (Fsp3) is 0.471. The molecule has 0 spiro atoms. The van der Waals surface area contributed by atoms with E-state index in [2.05, 4.69) is 10.6 Å². The topological polar surface area (TPSA) is 78.5 Å². The third-order valence-electron chi connectivity index (χ3n) is 4.22. The van der Waals surface area contributed by atoms with Gasteiger partial charge in [0.25, 0.3) is 5.91 Å². The molecule has 1 heterocycles. The number of hydrogen-bond donors (Lipinski definition) is 2. The SMILES string of the molecule is CC(=O)Nc1cccc(C(=O)NCC2CC(=O)N(C3CC3)C2)c1. The number of amides is 3. The van der Waals surface area contributed by atoms with Gasteiger partial charge in [-0.05, 0) is 31.0 Å². The average Bonchev–Trinajstić information content (AvgIpc) is 3.28. The molecule has 1 saturated heterocycles. The molecule has 3 rings (SSSR count). The Morgan fingerprint density at radius 3 is 2.78 bits per heavy atom. The third-order valence-corrected chi connectivity index (χ3v) is 4.22. The van der Waals surface area contributed by atoms with Gasteiger partial charge in [0.05, 0.1) is 0 Å². The van der Waals surface area contributed by atoms with Gasteiger partial charge in [-0.1, -0.05) is 6.07 Å². The number of carbonyl (C=O) groups is 3. The number of anilines is 1. The molecule has 1 saturated carbocycles. The minimum atomic E-state index is -0.186. The first-order valence-electron chi connectivity index (χ1n) is 7.98. The Bertz CT molecular complexity index is 640. The second kappa shape index (κ2) is 6.40. The van der Waals surface area contributed by atoms with Crippen LogP contribution in [-0.4, -0.2) is 41.8 Å². The summed E-state index contributed by atoms with van der Waals surface area (Å²) in [6.07, 6.45) is 2.74. The summed E-state index contributed by atoms with van der Waals surface area (Å²) in [5.41, 5.74) is 1.10. The van der Waals surface area contributed by atoms with E-state index < -0.39 is 0 Å². The lowest BCUT2D eigenvalue weighted by Gasteiger charge is -2.15. The molecule has 6 nitrogen and oxygen atoms in total. The molecular formula is C17H21N3O3. The molecule has 23 heavy (non-hydrogen) atoms. The number of nitrogens with one attached hydrogen (secondary N) is 2. The van der Waals surface area contributed by atoms with E-state index in [-0.39, 0.29) is 23.6 Å². The summed E-state index contributed by atoms with van der Waals surface area (Å²) in [4.78, 5) is 37.1. The highest BCUT2D eigenvalue weighted by molar-refractivity contribution is 5.96. The quantitative estimate of drug-likeness (QED) is 0.862. The molecule has 2 fully saturated rings. The first-order chi connectivity index (χ1) is 11.0. The van der Waals surface area contributed by atoms with E-state index in [1.54, 1.807) is 24.3 Å². The molecule has 0 bridgehead atoms. The number of likely N-dealkylation sites (tertiary alicyclic amines) is 1. The highest BCUT2D eigenvalue weighted by Gasteiger charge is 2.39. The lowest BCUT2D eigenvalue weighted by atomic mass is 10.1. The Labute approximate surface area is 135 Å². The van der Waals surface area contributed by atoms with Gasteiger partial charge in [-0.15, -0.1) is 0 Å². The van der Waals surface area contributed by atoms with Gasteiger partial charge in [0.2, 0.25) is 11.8 Å². The Kier molecular flexibility index (Phi) is 4.32. The third kappa shape index (κ3) is 3.88. The molecule has 0 radical (unpaired) electrons. The molecular weight excluding hydrogens is 294 g/mol. The second-order valence-corrected chi connectivity index (χ2v) is 6.32. The van der Waals surface area contributed by atoms with Crippen LogP contribution in [0.15, 0.2) is 24.3 Å². The van der Waals surface area contributed by atoms with E-state index in [0.29, 0.717) is 30.3 Å². The van der Waals surface area contributed by atoms with Gasteiger partial charge in [0.15, 0.2) is 0 Å². The van der Waals surface area contributed by atoms with Crippen LogP contribution in [0.5, 0.6) is 0 Å². The van der Waals surface area contributed by atoms with Crippen LogP contribution in [0.2, 0.25) is 0 Å². The number of hydrogen-bond acceptors (Lipinski definition) is 3. The largest absolute Gasteiger partial charge is 0.352 e. The van der Waals surface area contributed by atoms with Crippen molar-refractivity contribution in [3.63, 3.8) is 0 Å². The van der Waals surface area contributed by atoms with Crippen molar-refractivity contribution >= 4 is 23.4 Å². The maximum atomic E-state index is 12.2. The monoisotopic (exact) mass is 315 g/mol. The van der Waals surface area contributed by atoms with Crippen molar-refractivity contribution in [2.75, 3.05) is 18.4 Å². The van der Waals surface area contributed by atoms with Gasteiger partial charge in [-0.2, -0.15) is 0 Å². The van der Waals surface area contributed by atoms with Crippen molar-refractivity contribution in [2.24, 2.45) is 5.92 Å². The molecule has 1 atom stereocenters. The van der Waals surface area contributed by atoms with Crippen LogP contribution in [0.4, 0.5) is 5.69 Å². The first-order valence-corrected chi connectivity index (χ1v) is 7.98. The second-order valence-electron chi connectivity index (χ2n) is 6.32. The molecule has 1 aliphatic carbocycles. The molecule has 1 aromatic carbocycles. The molecule has 122 valence electrons. The number of benzene rings is 1. The van der Waals surface area contributed by atoms with Crippen molar-refractivity contribution in [1.82, 2.24) is 10.2 Å². The summed E-state index contributed by atoms with van der Waals surface area (Å²) in [6.45, 7) is 2.67. The van der Waals surface area contributed by atoms with E-state index >= 15 is 0 Å². The summed E-state index contributed by atoms with van der Waals surface area (Å²) in [7, 11) is 0. The maximum absolute atomic E-state index is 12.2. The minimum absolute atomic E-state index is 0.174. The number of rotatable bonds is 5. The maximum Gasteiger partial charge on any atom is 0.251 e. The van der Waals surface area contributed by atoms with E-state index in [1.165, 1.54) is 6.92 Å². The fourth-order valence-electron chi connectivity index (χ4n) is 2.96. The van der Waals surface area contributed by atoms with E-state index in [9.17, 15) is 14.4 Å². The molecule has 1 aliphatic heterocycles. The highest BCUT2D eigenvalue weighted by Crippen LogP contribution is 2.32. The van der Waals surface area contributed by atoms with Crippen LogP contribution >= 0.6 is 0 Å². The zero-order chi connectivity index (χ0) is 16.4. The number of carbonyl (C=O) groups excluding carboxylic acids is 3. The molecule has 1 aromatic rings. The molecule has 1 unspecified atom stereocenters. The van der Waals surface area contributed by atoms with Crippen LogP contribution in [0.3, 0.4) is 0 Å². The first kappa shape index (κ1) is 15.5. The van der Waals surface area contributed by atoms with Crippen LogP contribution in [-0.2, 0) is 9.59 Å². The lowest BCUT2D eigenvalue weighted by molar-refractivity contribution is -0.128. The smallest absolute Gasteiger partial charge is 0.251 e. The van der Waals surface area contributed by atoms with Crippen molar-refractivity contribution < 1.29 is 14.4 Å². The normalized spacial score (nSPS) is 20.5. The summed E-state index contributed by atoms with van der Waals surface area (Å²) >= 11 is 0. The standard InChI is InChI=1S/C17H21N3O3/c1-11(21)19-14-4-2-3-13(8-14)17(23)18-9-12-7-16(22)20(10-12)15-5-6-15/h2-4,8,12,15H,5-7,9-10H2,1H3,(H,18,23)(H,19,21). The molecule has 2 aliphatic rings. The van der Waals surface area contributed by atoms with Crippen LogP contribution in [0.25, 0.3) is 0 Å². The zero-order valence-corrected chi connectivity index (χ0v) is 13.2. The number of nitrogens with zero attached hydrogens (tertiary/aromatic N) is 1. The van der Waals surface area contributed by atoms with Gasteiger partial charge in [0.1, 0.15) is 0 Å². The average molecular weight is 315 g/mol. The summed E-state index contributed by atoms with van der Waals surface area (Å²) < 4.78 is 0. The van der Waals surface area contributed by atoms with E-state index in [4.69, 9.17) is 0 Å². The molecule has 3 amide bonds. The van der Waals surface area contributed by atoms with Gasteiger partial charge in [-0.3, -0.25) is 14.4 Å². The van der Waals surface area contributed by atoms with Crippen molar-refractivity contribution in [3.05, 3.63) is 29.8 Å². The summed E-state index contributed by atoms with van der Waals surface area (Å²) in [5, 5.41) is 5.55. The lowest BCUT2D eigenvalue weighted by Crippen LogP contribution is -2.32. The molecule has 0 aromatic heterocycles. The Hall–Kier alpha value is -2.37. The van der Waals surface area contributed by atoms with Crippen molar-refractivity contribution in [2.45, 2.75) is 32.2 Å². The predicted molar refractivity (Wildman–Crippen MR) is 85.9 cm³/mol. The van der Waals surface area contributed by atoms with Gasteiger partial charge < -0.3 is 15.5 Å². The van der Waals surface area contributed by atoms with Crippen LogP contribution < -0.4 is 10.6 Å². The Morgan fingerprint density at radius 1 is 1.30 bits per heavy atom. The summed E-state index contributed by atoms with van der Waals surface area (Å²) in [6, 6.07) is 7.26. The highest BCUT2D eigenvalue weighted by atomic mass is 16.2. The van der Waals surface area contributed by atoms with Gasteiger partial charge >= 0.3 is 0 Å². The van der Waals surface area contributed by atoms with Gasteiger partial charge in [0, 0.05) is 49.6 Å². The van der Waals surface area contributed by atoms with Crippen molar-refractivity contribution in [3.8, 4) is 0 Å². The Balaban J connectivity index is 1.53. The van der Waals surface area contributed by atoms with E-state index in [1.807, 2.05) is 4.90 Å². The predicted octanol–water partition coefficient (Wildman–Crippen LogP) is 1.39. The van der Waals surface area contributed by atoms with Crippen molar-refractivity contribution in [1.29, 1.82) is 0 Å². The van der Waals surface area contributed by atoms with Crippen LogP contribution in [0.1, 0.15) is 36.5 Å². The fourth-order valence-corrected chi connectivity index (χ4v) is 2.96. The van der Waals surface area contributed by atoms with Crippen LogP contribution in [0, 0.1) is 5.92 Å². The van der Waals surface area contributed by atoms with E-state index in [0.717, 1.165) is 19.4 Å². The van der Waals surface area contributed by atoms with Gasteiger partial charge in [-0.25, -0.2) is 0 Å². The minimum Gasteiger partial charge on any atom is -0.352 e.